The monoisotopic (exact) mass is 340 g/mol. The first-order chi connectivity index (χ1) is 11.0. The molecule has 130 valence electrons. The summed E-state index contributed by atoms with van der Waals surface area (Å²) >= 11 is 1.58. The van der Waals surface area contributed by atoms with E-state index in [9.17, 15) is 14.7 Å². The zero-order chi connectivity index (χ0) is 17.4. The predicted molar refractivity (Wildman–Crippen MR) is 93.7 cm³/mol. The van der Waals surface area contributed by atoms with E-state index in [2.05, 4.69) is 24.7 Å². The topological polar surface area (TPSA) is 60.9 Å². The smallest absolute Gasteiger partial charge is 0.238 e. The fourth-order valence-electron chi connectivity index (χ4n) is 2.68. The van der Waals surface area contributed by atoms with Crippen LogP contribution in [-0.4, -0.2) is 63.6 Å². The standard InChI is InChI=1S/C17H28N2O3S/c1-5-8-9-10-14(21)19-16(22)15(13(4)20)17(19)23-12-11-18(6-2)7-3/h1,13,15,17,20H,6-12H2,2-4H3/t13-,15-,17-/m1/s1. The summed E-state index contributed by atoms with van der Waals surface area (Å²) in [6.07, 6.45) is 5.87. The number of imide groups is 1. The van der Waals surface area contributed by atoms with Gasteiger partial charge in [0.05, 0.1) is 17.4 Å². The Morgan fingerprint density at radius 1 is 1.48 bits per heavy atom. The highest BCUT2D eigenvalue weighted by Gasteiger charge is 2.52. The van der Waals surface area contributed by atoms with E-state index in [4.69, 9.17) is 6.42 Å². The average Bonchev–Trinajstić information content (AvgIpc) is 2.50. The molecule has 0 aliphatic carbocycles. The predicted octanol–water partition coefficient (Wildman–Crippen LogP) is 1.56. The summed E-state index contributed by atoms with van der Waals surface area (Å²) in [4.78, 5) is 28.0. The van der Waals surface area contributed by atoms with Gasteiger partial charge in [-0.05, 0) is 26.4 Å². The van der Waals surface area contributed by atoms with Gasteiger partial charge in [-0.3, -0.25) is 14.5 Å². The van der Waals surface area contributed by atoms with Gasteiger partial charge in [-0.2, -0.15) is 0 Å². The minimum atomic E-state index is -0.733. The number of thioether (sulfide) groups is 1. The summed E-state index contributed by atoms with van der Waals surface area (Å²) in [6, 6.07) is 0. The number of aliphatic hydroxyl groups excluding tert-OH is 1. The fraction of sp³-hybridized carbons (Fsp3) is 0.765. The molecule has 0 bridgehead atoms. The van der Waals surface area contributed by atoms with Crippen LogP contribution in [0.4, 0.5) is 0 Å². The first kappa shape index (κ1) is 20.0. The van der Waals surface area contributed by atoms with Gasteiger partial charge in [-0.25, -0.2) is 0 Å². The third-order valence-corrected chi connectivity index (χ3v) is 5.44. The number of aliphatic hydroxyl groups is 1. The molecule has 1 rings (SSSR count). The number of terminal acetylenes is 1. The van der Waals surface area contributed by atoms with Crippen molar-refractivity contribution in [2.24, 2.45) is 5.92 Å². The number of β-lactam (4-membered cyclic amide) rings is 1. The highest BCUT2D eigenvalue weighted by Crippen LogP contribution is 2.38. The van der Waals surface area contributed by atoms with E-state index in [1.807, 2.05) is 0 Å². The number of hydrogen-bond donors (Lipinski definition) is 1. The second-order valence-corrected chi connectivity index (χ2v) is 6.94. The zero-order valence-electron chi connectivity index (χ0n) is 14.3. The minimum absolute atomic E-state index is 0.178. The van der Waals surface area contributed by atoms with Crippen molar-refractivity contribution in [2.75, 3.05) is 25.4 Å². The van der Waals surface area contributed by atoms with E-state index in [0.29, 0.717) is 12.8 Å². The fourth-order valence-corrected chi connectivity index (χ4v) is 4.21. The summed E-state index contributed by atoms with van der Waals surface area (Å²) in [5.41, 5.74) is 0. The lowest BCUT2D eigenvalue weighted by molar-refractivity contribution is -0.165. The van der Waals surface area contributed by atoms with Crippen molar-refractivity contribution < 1.29 is 14.7 Å². The van der Waals surface area contributed by atoms with Crippen molar-refractivity contribution >= 4 is 23.6 Å². The Morgan fingerprint density at radius 3 is 2.65 bits per heavy atom. The molecule has 1 fully saturated rings. The number of amides is 2. The second kappa shape index (κ2) is 9.96. The molecule has 0 aromatic heterocycles. The van der Waals surface area contributed by atoms with Crippen LogP contribution >= 0.6 is 11.8 Å². The highest BCUT2D eigenvalue weighted by atomic mass is 32.2. The SMILES string of the molecule is C#CCCCC(=O)N1C(=O)[C@@H]([C@@H](C)O)[C@H]1SCCN(CC)CC. The lowest BCUT2D eigenvalue weighted by Gasteiger charge is -2.46. The van der Waals surface area contributed by atoms with E-state index < -0.39 is 12.0 Å². The van der Waals surface area contributed by atoms with E-state index in [1.54, 1.807) is 18.7 Å². The molecule has 2 amide bonds. The van der Waals surface area contributed by atoms with Crippen LogP contribution in [-0.2, 0) is 9.59 Å². The van der Waals surface area contributed by atoms with Crippen LogP contribution < -0.4 is 0 Å². The van der Waals surface area contributed by atoms with Gasteiger partial charge in [0.2, 0.25) is 11.8 Å². The Bertz CT molecular complexity index is 444. The Labute approximate surface area is 143 Å². The van der Waals surface area contributed by atoms with E-state index in [1.165, 1.54) is 4.90 Å². The average molecular weight is 340 g/mol. The molecule has 0 aromatic rings. The van der Waals surface area contributed by atoms with Gasteiger partial charge >= 0.3 is 0 Å². The van der Waals surface area contributed by atoms with Gasteiger partial charge in [0.1, 0.15) is 0 Å². The van der Waals surface area contributed by atoms with E-state index in [0.717, 1.165) is 25.4 Å². The highest BCUT2D eigenvalue weighted by molar-refractivity contribution is 8.00. The third-order valence-electron chi connectivity index (χ3n) is 4.17. The minimum Gasteiger partial charge on any atom is -0.392 e. The number of unbranched alkanes of at least 4 members (excludes halogenated alkanes) is 1. The normalized spacial score (nSPS) is 21.9. The molecular weight excluding hydrogens is 312 g/mol. The number of carbonyl (C=O) groups excluding carboxylic acids is 2. The van der Waals surface area contributed by atoms with Gasteiger partial charge in [0, 0.05) is 25.1 Å². The molecule has 0 aromatic carbocycles. The summed E-state index contributed by atoms with van der Waals surface area (Å²) in [5.74, 6) is 2.42. The molecule has 0 unspecified atom stereocenters. The molecule has 1 N–H and O–H groups in total. The Kier molecular flexibility index (Phi) is 8.67. The molecule has 1 heterocycles. The van der Waals surface area contributed by atoms with Crippen LogP contribution in [0.1, 0.15) is 40.0 Å². The molecule has 1 aliphatic rings. The van der Waals surface area contributed by atoms with Crippen LogP contribution in [0.5, 0.6) is 0 Å². The van der Waals surface area contributed by atoms with Crippen LogP contribution in [0.3, 0.4) is 0 Å². The Balaban J connectivity index is 2.60. The van der Waals surface area contributed by atoms with Crippen molar-refractivity contribution in [3.63, 3.8) is 0 Å². The molecule has 23 heavy (non-hydrogen) atoms. The quantitative estimate of drug-likeness (QED) is 0.371. The van der Waals surface area contributed by atoms with E-state index in [-0.39, 0.29) is 23.6 Å². The molecular formula is C17H28N2O3S. The van der Waals surface area contributed by atoms with Crippen molar-refractivity contribution in [3.8, 4) is 12.3 Å². The summed E-state index contributed by atoms with van der Waals surface area (Å²) < 4.78 is 0. The number of hydrogen-bond acceptors (Lipinski definition) is 5. The van der Waals surface area contributed by atoms with Gasteiger partial charge in [-0.15, -0.1) is 24.1 Å². The zero-order valence-corrected chi connectivity index (χ0v) is 15.1. The Morgan fingerprint density at radius 2 is 2.13 bits per heavy atom. The largest absolute Gasteiger partial charge is 0.392 e. The molecule has 3 atom stereocenters. The van der Waals surface area contributed by atoms with Crippen molar-refractivity contribution in [3.05, 3.63) is 0 Å². The van der Waals surface area contributed by atoms with E-state index >= 15 is 0 Å². The molecule has 0 saturated carbocycles. The third kappa shape index (κ3) is 5.23. The number of likely N-dealkylation sites (tertiary alicyclic amines) is 1. The van der Waals surface area contributed by atoms with Crippen molar-refractivity contribution in [1.29, 1.82) is 0 Å². The Hall–Kier alpha value is -1.03. The summed E-state index contributed by atoms with van der Waals surface area (Å²) in [5, 5.41) is 9.57. The molecule has 1 saturated heterocycles. The first-order valence-corrected chi connectivity index (χ1v) is 9.34. The maximum Gasteiger partial charge on any atom is 0.238 e. The van der Waals surface area contributed by atoms with Crippen LogP contribution in [0, 0.1) is 18.3 Å². The summed E-state index contributed by atoms with van der Waals surface area (Å²) in [7, 11) is 0. The molecule has 0 spiro atoms. The molecule has 6 heteroatoms. The van der Waals surface area contributed by atoms with Crippen LogP contribution in [0.25, 0.3) is 0 Å². The number of nitrogens with zero attached hydrogens (tertiary/aromatic N) is 2. The molecule has 1 aliphatic heterocycles. The first-order valence-electron chi connectivity index (χ1n) is 8.29. The maximum absolute atomic E-state index is 12.2. The van der Waals surface area contributed by atoms with Crippen molar-refractivity contribution in [2.45, 2.75) is 51.5 Å². The number of carbonyl (C=O) groups is 2. The second-order valence-electron chi connectivity index (χ2n) is 5.71. The molecule has 0 radical (unpaired) electrons. The number of rotatable bonds is 10. The lowest BCUT2D eigenvalue weighted by atomic mass is 9.92. The van der Waals surface area contributed by atoms with Gasteiger partial charge in [-0.1, -0.05) is 13.8 Å². The van der Waals surface area contributed by atoms with Gasteiger partial charge in [0.25, 0.3) is 0 Å². The maximum atomic E-state index is 12.2. The van der Waals surface area contributed by atoms with Crippen LogP contribution in [0.15, 0.2) is 0 Å². The summed E-state index contributed by atoms with van der Waals surface area (Å²) in [6.45, 7) is 8.71. The van der Waals surface area contributed by atoms with Gasteiger partial charge in [0.15, 0.2) is 0 Å². The van der Waals surface area contributed by atoms with Gasteiger partial charge < -0.3 is 10.0 Å². The van der Waals surface area contributed by atoms with Crippen LogP contribution in [0.2, 0.25) is 0 Å². The van der Waals surface area contributed by atoms with Crippen molar-refractivity contribution in [1.82, 2.24) is 9.80 Å². The molecule has 5 nitrogen and oxygen atoms in total. The lowest BCUT2D eigenvalue weighted by Crippen LogP contribution is -2.64.